The van der Waals surface area contributed by atoms with Gasteiger partial charge >= 0.3 is 22.8 Å². The number of fused-ring (bicyclic) bond motifs is 2. The average molecular weight is 615 g/mol. The molecule has 0 bridgehead atoms. The Labute approximate surface area is 251 Å². The SMILES string of the molecule is COc1nc(-c2cccc(-c3ccc[c-]c3Cl)c2Cl)cc2c1CCC2.Cn1c(=O)c2[c-]ncnc2n(C)c1=O.[Mn+2]. The first-order valence-electron chi connectivity index (χ1n) is 12.1. The fraction of sp³-hybridized carbons (Fsp3) is 0.207. The smallest absolute Gasteiger partial charge is 0.481 e. The van der Waals surface area contributed by atoms with Crippen LogP contribution in [0.3, 0.4) is 0 Å². The van der Waals surface area contributed by atoms with Crippen molar-refractivity contribution in [2.45, 2.75) is 19.3 Å². The fourth-order valence-electron chi connectivity index (χ4n) is 4.67. The molecule has 0 fully saturated rings. The van der Waals surface area contributed by atoms with Crippen molar-refractivity contribution in [3.05, 3.63) is 103 Å². The predicted octanol–water partition coefficient (Wildman–Crippen LogP) is 4.84. The molecule has 0 aliphatic heterocycles. The minimum absolute atomic E-state index is 0. The Morgan fingerprint density at radius 3 is 2.50 bits per heavy atom. The minimum atomic E-state index is -0.427. The van der Waals surface area contributed by atoms with Gasteiger partial charge in [-0.15, -0.1) is 17.2 Å². The number of aromatic nitrogens is 5. The first-order chi connectivity index (χ1) is 18.8. The maximum Gasteiger partial charge on any atom is 2.00 e. The summed E-state index contributed by atoms with van der Waals surface area (Å²) in [5.41, 5.74) is 5.44. The van der Waals surface area contributed by atoms with Crippen LogP contribution in [0.1, 0.15) is 17.5 Å². The van der Waals surface area contributed by atoms with Crippen LogP contribution in [0.4, 0.5) is 0 Å². The van der Waals surface area contributed by atoms with Crippen LogP contribution in [0.15, 0.2) is 58.4 Å². The van der Waals surface area contributed by atoms with E-state index in [0.29, 0.717) is 21.6 Å². The van der Waals surface area contributed by atoms with Gasteiger partial charge < -0.3 is 28.6 Å². The number of pyridine rings is 1. The molecule has 0 saturated heterocycles. The van der Waals surface area contributed by atoms with Crippen LogP contribution in [0.25, 0.3) is 33.4 Å². The number of methoxy groups -OCH3 is 1. The van der Waals surface area contributed by atoms with Crippen LogP contribution in [-0.4, -0.2) is 31.2 Å². The largest absolute Gasteiger partial charge is 2.00 e. The molecule has 203 valence electrons. The molecule has 0 amide bonds. The Balaban J connectivity index is 0.000000210. The first-order valence-corrected chi connectivity index (χ1v) is 12.9. The van der Waals surface area contributed by atoms with Crippen LogP contribution in [0, 0.1) is 12.3 Å². The Hall–Kier alpha value is -3.49. The number of nitrogens with zero attached hydrogens (tertiary/aromatic N) is 5. The molecular weight excluding hydrogens is 592 g/mol. The van der Waals surface area contributed by atoms with Crippen molar-refractivity contribution in [2.75, 3.05) is 7.11 Å². The van der Waals surface area contributed by atoms with Crippen LogP contribution in [0.2, 0.25) is 10.0 Å². The quantitative estimate of drug-likeness (QED) is 0.213. The van der Waals surface area contributed by atoms with E-state index in [1.807, 2.05) is 30.3 Å². The molecule has 0 atom stereocenters. The van der Waals surface area contributed by atoms with Crippen molar-refractivity contribution < 1.29 is 21.8 Å². The van der Waals surface area contributed by atoms with Crippen LogP contribution < -0.4 is 16.0 Å². The number of aryl methyl sites for hydroxylation is 2. The van der Waals surface area contributed by atoms with Crippen molar-refractivity contribution >= 4 is 34.2 Å². The summed E-state index contributed by atoms with van der Waals surface area (Å²) < 4.78 is 7.80. The van der Waals surface area contributed by atoms with Crippen molar-refractivity contribution in [3.8, 4) is 28.3 Å². The van der Waals surface area contributed by atoms with E-state index in [-0.39, 0.29) is 22.5 Å². The molecule has 1 radical (unpaired) electrons. The molecule has 0 unspecified atom stereocenters. The summed E-state index contributed by atoms with van der Waals surface area (Å²) >= 11 is 13.0. The van der Waals surface area contributed by atoms with Crippen molar-refractivity contribution in [3.63, 3.8) is 0 Å². The van der Waals surface area contributed by atoms with E-state index in [1.165, 1.54) is 29.1 Å². The van der Waals surface area contributed by atoms with E-state index in [0.717, 1.165) is 46.2 Å². The third kappa shape index (κ3) is 5.43. The molecule has 0 spiro atoms. The van der Waals surface area contributed by atoms with Gasteiger partial charge in [-0.25, -0.2) is 9.78 Å². The monoisotopic (exact) mass is 614 g/mol. The molecule has 5 aromatic rings. The summed E-state index contributed by atoms with van der Waals surface area (Å²) in [6, 6.07) is 16.7. The molecule has 0 N–H and O–H groups in total. The van der Waals surface area contributed by atoms with Gasteiger partial charge in [0, 0.05) is 36.6 Å². The topological polar surface area (TPSA) is 91.9 Å². The van der Waals surface area contributed by atoms with Crippen LogP contribution in [0.5, 0.6) is 5.88 Å². The molecule has 3 aromatic heterocycles. The Morgan fingerprint density at radius 1 is 1.00 bits per heavy atom. The van der Waals surface area contributed by atoms with E-state index in [9.17, 15) is 9.59 Å². The molecule has 40 heavy (non-hydrogen) atoms. The van der Waals surface area contributed by atoms with Crippen molar-refractivity contribution in [1.29, 1.82) is 0 Å². The first kappa shape index (κ1) is 29.5. The third-order valence-electron chi connectivity index (χ3n) is 6.66. The second kappa shape index (κ2) is 12.4. The number of benzene rings is 2. The summed E-state index contributed by atoms with van der Waals surface area (Å²) in [5, 5.41) is 1.41. The van der Waals surface area contributed by atoms with E-state index in [2.05, 4.69) is 28.3 Å². The fourth-order valence-corrected chi connectivity index (χ4v) is 5.23. The standard InChI is InChI=1S/C21H16Cl2NO.C8H7N4O2.Mn/c1-25-21-14-8-4-6-13(14)12-19(24-21)17-10-5-9-16(20(17)23)15-7-2-3-11-18(15)22;1-11-6-5(3-9-4-10-6)7(13)12(2)8(11)14;/h2-3,5,7,9-10,12H,4,6,8H2,1H3;4H,1-2H3;/q2*-1;+2. The number of ether oxygens (including phenoxy) is 1. The summed E-state index contributed by atoms with van der Waals surface area (Å²) in [5.74, 6) is 0.706. The van der Waals surface area contributed by atoms with Gasteiger partial charge in [-0.2, -0.15) is 24.3 Å². The zero-order valence-electron chi connectivity index (χ0n) is 21.8. The zero-order chi connectivity index (χ0) is 27.7. The maximum absolute atomic E-state index is 11.5. The number of hydrogen-bond acceptors (Lipinski definition) is 6. The molecule has 11 heteroatoms. The van der Waals surface area contributed by atoms with Gasteiger partial charge in [0.05, 0.1) is 18.5 Å². The van der Waals surface area contributed by atoms with Gasteiger partial charge in [0.2, 0.25) is 5.88 Å². The summed E-state index contributed by atoms with van der Waals surface area (Å²) in [7, 11) is 4.62. The van der Waals surface area contributed by atoms with Gasteiger partial charge in [-0.1, -0.05) is 40.4 Å². The Kier molecular flexibility index (Phi) is 9.11. The molecule has 1 aliphatic carbocycles. The molecule has 2 aromatic carbocycles. The van der Waals surface area contributed by atoms with Gasteiger partial charge in [-0.05, 0) is 42.5 Å². The Bertz CT molecular complexity index is 1840. The molecule has 3 heterocycles. The Morgan fingerprint density at radius 2 is 1.75 bits per heavy atom. The van der Waals surface area contributed by atoms with E-state index in [1.54, 1.807) is 20.2 Å². The normalized spacial score (nSPS) is 11.8. The average Bonchev–Trinajstić information content (AvgIpc) is 3.44. The third-order valence-corrected chi connectivity index (χ3v) is 7.38. The maximum atomic E-state index is 11.5. The van der Waals surface area contributed by atoms with Gasteiger partial charge in [-0.3, -0.25) is 0 Å². The summed E-state index contributed by atoms with van der Waals surface area (Å²) in [6.45, 7) is 0. The van der Waals surface area contributed by atoms with Crippen molar-refractivity contribution in [2.24, 2.45) is 14.1 Å². The van der Waals surface area contributed by atoms with Crippen LogP contribution in [-0.2, 0) is 44.0 Å². The number of hydrogen-bond donors (Lipinski definition) is 0. The van der Waals surface area contributed by atoms with Gasteiger partial charge in [0.15, 0.2) is 5.56 Å². The minimum Gasteiger partial charge on any atom is -0.481 e. The molecule has 0 saturated carbocycles. The zero-order valence-corrected chi connectivity index (χ0v) is 24.5. The molecule has 6 rings (SSSR count). The number of halogens is 2. The summed E-state index contributed by atoms with van der Waals surface area (Å²) in [4.78, 5) is 35.2. The van der Waals surface area contributed by atoms with Gasteiger partial charge in [0.25, 0.3) is 0 Å². The van der Waals surface area contributed by atoms with E-state index in [4.69, 9.17) is 32.9 Å². The number of rotatable bonds is 3. The van der Waals surface area contributed by atoms with E-state index < -0.39 is 11.2 Å². The van der Waals surface area contributed by atoms with Gasteiger partial charge in [0.1, 0.15) is 0 Å². The van der Waals surface area contributed by atoms with E-state index >= 15 is 0 Å². The molecule has 8 nitrogen and oxygen atoms in total. The summed E-state index contributed by atoms with van der Waals surface area (Å²) in [6.07, 6.45) is 6.99. The van der Waals surface area contributed by atoms with Crippen molar-refractivity contribution in [1.82, 2.24) is 24.1 Å². The molecular formula is C29H23Cl2MnN5O3. The predicted molar refractivity (Wildman–Crippen MR) is 151 cm³/mol. The second-order valence-electron chi connectivity index (χ2n) is 8.96. The van der Waals surface area contributed by atoms with Crippen LogP contribution >= 0.6 is 23.2 Å². The second-order valence-corrected chi connectivity index (χ2v) is 9.72. The molecule has 1 aliphatic rings.